The van der Waals surface area contributed by atoms with Gasteiger partial charge in [-0.05, 0) is 78.2 Å². The van der Waals surface area contributed by atoms with E-state index in [4.69, 9.17) is 15.2 Å². The van der Waals surface area contributed by atoms with Crippen LogP contribution in [0.2, 0.25) is 0 Å². The lowest BCUT2D eigenvalue weighted by molar-refractivity contribution is -0.155. The van der Waals surface area contributed by atoms with Crippen LogP contribution < -0.4 is 15.2 Å². The molecule has 11 nitrogen and oxygen atoms in total. The predicted molar refractivity (Wildman–Crippen MR) is 143 cm³/mol. The van der Waals surface area contributed by atoms with Gasteiger partial charge in [0.1, 0.15) is 29.7 Å². The van der Waals surface area contributed by atoms with E-state index < -0.39 is 33.3 Å². The summed E-state index contributed by atoms with van der Waals surface area (Å²) in [7, 11) is -4.54. The fraction of sp³-hybridized carbons (Fsp3) is 0.179. The van der Waals surface area contributed by atoms with E-state index >= 15 is 0 Å². The van der Waals surface area contributed by atoms with Crippen LogP contribution in [0, 0.1) is 5.82 Å². The molecule has 1 aromatic heterocycles. The van der Waals surface area contributed by atoms with Crippen molar-refractivity contribution in [3.63, 3.8) is 0 Å². The maximum Gasteiger partial charge on any atom is 0.339 e. The number of sulfonamides is 1. The summed E-state index contributed by atoms with van der Waals surface area (Å²) in [5, 5.41) is 10.3. The average molecular weight is 581 g/mol. The zero-order valence-electron chi connectivity index (χ0n) is 21.5. The zero-order valence-corrected chi connectivity index (χ0v) is 22.3. The van der Waals surface area contributed by atoms with Crippen molar-refractivity contribution in [3.8, 4) is 17.2 Å². The molecule has 1 aliphatic rings. The van der Waals surface area contributed by atoms with Gasteiger partial charge < -0.3 is 24.9 Å². The summed E-state index contributed by atoms with van der Waals surface area (Å²) in [4.78, 5) is 29.3. The van der Waals surface area contributed by atoms with Crippen molar-refractivity contribution < 1.29 is 37.0 Å². The Hall–Kier alpha value is -4.75. The summed E-state index contributed by atoms with van der Waals surface area (Å²) in [6.45, 7) is 0.504. The molecule has 1 aliphatic heterocycles. The van der Waals surface area contributed by atoms with Crippen molar-refractivity contribution in [2.45, 2.75) is 23.4 Å². The number of halogens is 1. The standard InChI is InChI=1S/C28H25FN4O7S/c29-20-1-3-21(4-2-20)40-22-5-8-24(9-6-22)41(37,38)33-13-11-19-17-23(39-16-15-32-14-12-31-18-32)7-10-25(19)28(33,26(30)34)27(35)36/h1-10,12,14,17-18H,11,13,15-16H2,(H2,30,34)(H,35,36). The van der Waals surface area contributed by atoms with Gasteiger partial charge in [0.2, 0.25) is 15.6 Å². The van der Waals surface area contributed by atoms with Gasteiger partial charge in [-0.1, -0.05) is 6.07 Å². The molecule has 13 heteroatoms. The van der Waals surface area contributed by atoms with Crippen molar-refractivity contribution in [3.05, 3.63) is 102 Å². The number of amides is 1. The highest BCUT2D eigenvalue weighted by atomic mass is 32.2. The first-order chi connectivity index (χ1) is 19.6. The third kappa shape index (κ3) is 5.24. The van der Waals surface area contributed by atoms with Gasteiger partial charge in [-0.15, -0.1) is 0 Å². The van der Waals surface area contributed by atoms with E-state index in [1.165, 1.54) is 60.7 Å². The van der Waals surface area contributed by atoms with Crippen LogP contribution in [0.15, 0.2) is 90.3 Å². The number of imidazole rings is 1. The number of carboxylic acids is 1. The molecule has 0 saturated carbocycles. The molecule has 0 saturated heterocycles. The molecule has 5 rings (SSSR count). The minimum absolute atomic E-state index is 0.0504. The van der Waals surface area contributed by atoms with E-state index in [9.17, 15) is 27.5 Å². The number of carboxylic acid groups (broad SMARTS) is 1. The predicted octanol–water partition coefficient (Wildman–Crippen LogP) is 2.91. The summed E-state index contributed by atoms with van der Waals surface area (Å²) in [6.07, 6.45) is 5.18. The number of carbonyl (C=O) groups excluding carboxylic acids is 1. The van der Waals surface area contributed by atoms with Crippen LogP contribution in [0.3, 0.4) is 0 Å². The Bertz CT molecular complexity index is 1660. The monoisotopic (exact) mass is 580 g/mol. The lowest BCUT2D eigenvalue weighted by Gasteiger charge is -2.41. The second-order valence-electron chi connectivity index (χ2n) is 9.20. The lowest BCUT2D eigenvalue weighted by atomic mass is 9.81. The number of hydrogen-bond donors (Lipinski definition) is 2. The summed E-state index contributed by atoms with van der Waals surface area (Å²) >= 11 is 0. The average Bonchev–Trinajstić information content (AvgIpc) is 3.47. The van der Waals surface area contributed by atoms with Crippen molar-refractivity contribution in [2.75, 3.05) is 13.2 Å². The second-order valence-corrected chi connectivity index (χ2v) is 11.1. The fourth-order valence-electron chi connectivity index (χ4n) is 4.76. The van der Waals surface area contributed by atoms with Crippen LogP contribution in [0.4, 0.5) is 4.39 Å². The van der Waals surface area contributed by atoms with E-state index in [0.29, 0.717) is 34.5 Å². The zero-order chi connectivity index (χ0) is 29.2. The van der Waals surface area contributed by atoms with E-state index in [2.05, 4.69) is 4.98 Å². The lowest BCUT2D eigenvalue weighted by Crippen LogP contribution is -2.64. The van der Waals surface area contributed by atoms with Crippen molar-refractivity contribution in [1.29, 1.82) is 0 Å². The highest BCUT2D eigenvalue weighted by molar-refractivity contribution is 7.89. The SMILES string of the molecule is NC(=O)C1(C(=O)O)c2ccc(OCCn3ccnc3)cc2CCN1S(=O)(=O)c1ccc(Oc2ccc(F)cc2)cc1. The quantitative estimate of drug-likeness (QED) is 0.272. The first-order valence-electron chi connectivity index (χ1n) is 12.4. The number of primary amides is 1. The molecule has 1 amide bonds. The van der Waals surface area contributed by atoms with Gasteiger partial charge in [-0.25, -0.2) is 22.6 Å². The summed E-state index contributed by atoms with van der Waals surface area (Å²) in [6, 6.07) is 14.9. The molecular weight excluding hydrogens is 555 g/mol. The number of ether oxygens (including phenoxy) is 2. The van der Waals surface area contributed by atoms with Crippen LogP contribution in [0.1, 0.15) is 11.1 Å². The minimum atomic E-state index is -4.54. The van der Waals surface area contributed by atoms with Crippen molar-refractivity contribution >= 4 is 21.9 Å². The van der Waals surface area contributed by atoms with E-state index in [0.717, 1.165) is 0 Å². The third-order valence-corrected chi connectivity index (χ3v) is 8.63. The molecule has 3 N–H and O–H groups in total. The molecule has 0 bridgehead atoms. The maximum absolute atomic E-state index is 13.8. The number of aliphatic carboxylic acids is 1. The number of fused-ring (bicyclic) bond motifs is 1. The number of rotatable bonds is 10. The first kappa shape index (κ1) is 27.8. The number of aromatic nitrogens is 2. The molecule has 0 fully saturated rings. The Labute approximate surface area is 234 Å². The number of nitrogens with zero attached hydrogens (tertiary/aromatic N) is 3. The van der Waals surface area contributed by atoms with Gasteiger partial charge >= 0.3 is 5.97 Å². The Balaban J connectivity index is 1.43. The summed E-state index contributed by atoms with van der Waals surface area (Å²) in [5.41, 5.74) is 3.36. The first-order valence-corrected chi connectivity index (χ1v) is 13.9. The Morgan fingerprint density at radius 1 is 1.02 bits per heavy atom. The molecule has 0 aliphatic carbocycles. The molecule has 0 radical (unpaired) electrons. The highest BCUT2D eigenvalue weighted by Gasteiger charge is 2.59. The fourth-order valence-corrected chi connectivity index (χ4v) is 6.45. The van der Waals surface area contributed by atoms with Crippen molar-refractivity contribution in [1.82, 2.24) is 13.9 Å². The minimum Gasteiger partial charge on any atom is -0.492 e. The molecule has 1 atom stereocenters. The van der Waals surface area contributed by atoms with Gasteiger partial charge in [0, 0.05) is 18.9 Å². The molecule has 41 heavy (non-hydrogen) atoms. The van der Waals surface area contributed by atoms with Crippen LogP contribution >= 0.6 is 0 Å². The smallest absolute Gasteiger partial charge is 0.339 e. The van der Waals surface area contributed by atoms with Crippen LogP contribution in [0.5, 0.6) is 17.2 Å². The Kier molecular flexibility index (Phi) is 7.47. The Morgan fingerprint density at radius 2 is 1.68 bits per heavy atom. The van der Waals surface area contributed by atoms with E-state index in [1.807, 2.05) is 4.57 Å². The number of hydrogen-bond acceptors (Lipinski definition) is 7. The Morgan fingerprint density at radius 3 is 2.29 bits per heavy atom. The van der Waals surface area contributed by atoms with Crippen LogP contribution in [-0.4, -0.2) is 52.4 Å². The largest absolute Gasteiger partial charge is 0.492 e. The molecule has 1 unspecified atom stereocenters. The van der Waals surface area contributed by atoms with Gasteiger partial charge in [0.25, 0.3) is 5.91 Å². The molecule has 0 spiro atoms. The number of benzene rings is 3. The topological polar surface area (TPSA) is 154 Å². The highest BCUT2D eigenvalue weighted by Crippen LogP contribution is 2.41. The summed E-state index contributed by atoms with van der Waals surface area (Å²) in [5.74, 6) is -2.48. The van der Waals surface area contributed by atoms with Crippen LogP contribution in [-0.2, 0) is 38.1 Å². The summed E-state index contributed by atoms with van der Waals surface area (Å²) < 4.78 is 54.6. The molecule has 212 valence electrons. The molecule has 2 heterocycles. The normalized spacial score (nSPS) is 17.0. The van der Waals surface area contributed by atoms with E-state index in [1.54, 1.807) is 24.8 Å². The van der Waals surface area contributed by atoms with Gasteiger partial charge in [-0.3, -0.25) is 4.79 Å². The third-order valence-electron chi connectivity index (χ3n) is 6.73. The van der Waals surface area contributed by atoms with Gasteiger partial charge in [0.05, 0.1) is 17.8 Å². The molecular formula is C28H25FN4O7S. The molecule has 3 aromatic carbocycles. The maximum atomic E-state index is 13.8. The van der Waals surface area contributed by atoms with Gasteiger partial charge in [0.15, 0.2) is 0 Å². The number of nitrogens with two attached hydrogens (primary N) is 1. The van der Waals surface area contributed by atoms with E-state index in [-0.39, 0.29) is 29.2 Å². The van der Waals surface area contributed by atoms with Crippen molar-refractivity contribution in [2.24, 2.45) is 5.73 Å². The molecule has 4 aromatic rings. The van der Waals surface area contributed by atoms with Crippen LogP contribution in [0.25, 0.3) is 0 Å². The van der Waals surface area contributed by atoms with Gasteiger partial charge in [-0.2, -0.15) is 4.31 Å². The second kappa shape index (κ2) is 11.0. The number of carbonyl (C=O) groups is 2.